The van der Waals surface area contributed by atoms with Gasteiger partial charge in [-0.25, -0.2) is 0 Å². The Bertz CT molecular complexity index is 644. The molecule has 0 saturated carbocycles. The van der Waals surface area contributed by atoms with Gasteiger partial charge < -0.3 is 5.11 Å². The van der Waals surface area contributed by atoms with E-state index in [0.29, 0.717) is 0 Å². The average Bonchev–Trinajstić information content (AvgIpc) is 2.62. The predicted molar refractivity (Wildman–Crippen MR) is 102 cm³/mol. The molecule has 2 aromatic rings. The summed E-state index contributed by atoms with van der Waals surface area (Å²) in [4.78, 5) is 4.73. The second-order valence-corrected chi connectivity index (χ2v) is 6.54. The first-order valence-electron chi connectivity index (χ1n) is 9.28. The molecule has 1 unspecified atom stereocenters. The molecule has 0 saturated heterocycles. The molecule has 0 aliphatic rings. The number of fused-ring (bicyclic) bond motifs is 1. The minimum absolute atomic E-state index is 0.547. The van der Waals surface area contributed by atoms with Crippen molar-refractivity contribution < 1.29 is 5.11 Å². The van der Waals surface area contributed by atoms with Crippen molar-refractivity contribution in [3.63, 3.8) is 0 Å². The van der Waals surface area contributed by atoms with E-state index in [9.17, 15) is 5.11 Å². The fourth-order valence-electron chi connectivity index (χ4n) is 3.04. The van der Waals surface area contributed by atoms with Crippen LogP contribution in [0.5, 0.6) is 0 Å². The van der Waals surface area contributed by atoms with Crippen molar-refractivity contribution in [2.24, 2.45) is 0 Å². The van der Waals surface area contributed by atoms with Crippen molar-refractivity contribution in [2.45, 2.75) is 70.3 Å². The Morgan fingerprint density at radius 1 is 0.875 bits per heavy atom. The van der Waals surface area contributed by atoms with Crippen LogP contribution in [0, 0.1) is 12.3 Å². The monoisotopic (exact) mass is 323 g/mol. The number of nitrogens with zero attached hydrogens (tertiary/aromatic N) is 1. The number of terminal acetylenes is 1. The Kier molecular flexibility index (Phi) is 8.35. The van der Waals surface area contributed by atoms with Crippen molar-refractivity contribution in [3.05, 3.63) is 42.1 Å². The van der Waals surface area contributed by atoms with Gasteiger partial charge in [0.25, 0.3) is 0 Å². The van der Waals surface area contributed by atoms with E-state index < -0.39 is 6.10 Å². The number of aliphatic hydroxyl groups excluding tert-OH is 1. The molecule has 1 aromatic heterocycles. The van der Waals surface area contributed by atoms with Crippen LogP contribution in [0.15, 0.2) is 36.4 Å². The number of unbranched alkanes of at least 4 members (excludes halogenated alkanes) is 7. The molecule has 24 heavy (non-hydrogen) atoms. The molecule has 1 atom stereocenters. The summed E-state index contributed by atoms with van der Waals surface area (Å²) in [7, 11) is 0. The third-order valence-electron chi connectivity index (χ3n) is 4.51. The zero-order chi connectivity index (χ0) is 17.0. The van der Waals surface area contributed by atoms with Gasteiger partial charge in [-0.3, -0.25) is 4.98 Å². The van der Waals surface area contributed by atoms with Crippen LogP contribution in [0.25, 0.3) is 10.9 Å². The summed E-state index contributed by atoms with van der Waals surface area (Å²) in [5.74, 6) is 2.36. The lowest BCUT2D eigenvalue weighted by atomic mass is 10.0. The van der Waals surface area contributed by atoms with Crippen LogP contribution >= 0.6 is 0 Å². The summed E-state index contributed by atoms with van der Waals surface area (Å²) in [6.45, 7) is 0. The smallest absolute Gasteiger partial charge is 0.114 e. The maximum absolute atomic E-state index is 9.27. The molecular weight excluding hydrogens is 294 g/mol. The zero-order valence-corrected chi connectivity index (χ0v) is 14.6. The van der Waals surface area contributed by atoms with E-state index >= 15 is 0 Å². The number of rotatable bonds is 11. The van der Waals surface area contributed by atoms with Crippen LogP contribution in [0.2, 0.25) is 0 Å². The third-order valence-corrected chi connectivity index (χ3v) is 4.51. The highest BCUT2D eigenvalue weighted by Gasteiger charge is 2.00. The molecule has 0 radical (unpaired) electrons. The number of aryl methyl sites for hydroxylation is 1. The molecule has 1 heterocycles. The predicted octanol–water partition coefficient (Wildman–Crippen LogP) is 5.28. The van der Waals surface area contributed by atoms with Gasteiger partial charge in [0.15, 0.2) is 0 Å². The molecule has 128 valence electrons. The van der Waals surface area contributed by atoms with Crippen LogP contribution < -0.4 is 0 Å². The normalized spacial score (nSPS) is 12.2. The van der Waals surface area contributed by atoms with Crippen LogP contribution in [0.3, 0.4) is 0 Å². The van der Waals surface area contributed by atoms with Gasteiger partial charge in [-0.15, -0.1) is 6.42 Å². The Hall–Kier alpha value is -1.85. The van der Waals surface area contributed by atoms with E-state index in [0.717, 1.165) is 24.8 Å². The quantitative estimate of drug-likeness (QED) is 0.450. The maximum atomic E-state index is 9.27. The number of hydrogen-bond donors (Lipinski definition) is 1. The average molecular weight is 323 g/mol. The van der Waals surface area contributed by atoms with Gasteiger partial charge in [0.05, 0.1) is 5.52 Å². The van der Waals surface area contributed by atoms with Gasteiger partial charge in [0.1, 0.15) is 6.10 Å². The highest BCUT2D eigenvalue weighted by Crippen LogP contribution is 2.15. The molecule has 0 spiro atoms. The number of aromatic nitrogens is 1. The summed E-state index contributed by atoms with van der Waals surface area (Å²) in [5.41, 5.74) is 2.31. The minimum Gasteiger partial charge on any atom is -0.380 e. The number of hydrogen-bond acceptors (Lipinski definition) is 2. The van der Waals surface area contributed by atoms with Crippen molar-refractivity contribution in [3.8, 4) is 12.3 Å². The first-order valence-corrected chi connectivity index (χ1v) is 9.28. The molecular formula is C22H29NO. The maximum Gasteiger partial charge on any atom is 0.114 e. The first-order chi connectivity index (χ1) is 11.8. The van der Waals surface area contributed by atoms with E-state index in [2.05, 4.69) is 36.3 Å². The Balaban J connectivity index is 1.50. The van der Waals surface area contributed by atoms with Crippen LogP contribution in [-0.4, -0.2) is 16.2 Å². The van der Waals surface area contributed by atoms with E-state index in [1.54, 1.807) is 0 Å². The summed E-state index contributed by atoms with van der Waals surface area (Å²) in [6.07, 6.45) is 16.3. The SMILES string of the molecule is C#CC(O)CCCCCCCCCCc1ccc2ccccc2n1. The molecule has 0 bridgehead atoms. The Morgan fingerprint density at radius 3 is 2.29 bits per heavy atom. The molecule has 1 aromatic carbocycles. The molecule has 2 heteroatoms. The summed E-state index contributed by atoms with van der Waals surface area (Å²) in [5, 5.41) is 10.5. The van der Waals surface area contributed by atoms with Gasteiger partial charge in [-0.05, 0) is 37.8 Å². The largest absolute Gasteiger partial charge is 0.380 e. The van der Waals surface area contributed by atoms with Crippen molar-refractivity contribution in [2.75, 3.05) is 0 Å². The second kappa shape index (κ2) is 10.8. The van der Waals surface area contributed by atoms with Gasteiger partial charge in [0.2, 0.25) is 0 Å². The molecule has 2 rings (SSSR count). The van der Waals surface area contributed by atoms with E-state index in [-0.39, 0.29) is 0 Å². The second-order valence-electron chi connectivity index (χ2n) is 6.54. The van der Waals surface area contributed by atoms with Gasteiger partial charge in [-0.1, -0.05) is 68.7 Å². The van der Waals surface area contributed by atoms with Gasteiger partial charge in [-0.2, -0.15) is 0 Å². The lowest BCUT2D eigenvalue weighted by Gasteiger charge is -2.05. The highest BCUT2D eigenvalue weighted by atomic mass is 16.3. The zero-order valence-electron chi connectivity index (χ0n) is 14.6. The van der Waals surface area contributed by atoms with E-state index in [1.807, 2.05) is 6.07 Å². The standard InChI is InChI=1S/C22H29NO/c1-2-21(24)15-10-8-6-4-3-5-7-9-14-20-18-17-19-13-11-12-16-22(19)23-20/h1,11-13,16-18,21,24H,3-10,14-15H2. The lowest BCUT2D eigenvalue weighted by Crippen LogP contribution is -2.01. The van der Waals surface area contributed by atoms with Crippen molar-refractivity contribution in [1.29, 1.82) is 0 Å². The van der Waals surface area contributed by atoms with Crippen molar-refractivity contribution >= 4 is 10.9 Å². The Labute approximate surface area is 146 Å². The summed E-state index contributed by atoms with van der Waals surface area (Å²) in [6, 6.07) is 12.6. The van der Waals surface area contributed by atoms with Crippen LogP contribution in [0.4, 0.5) is 0 Å². The van der Waals surface area contributed by atoms with Crippen LogP contribution in [0.1, 0.15) is 63.5 Å². The lowest BCUT2D eigenvalue weighted by molar-refractivity contribution is 0.217. The number of aliphatic hydroxyl groups is 1. The van der Waals surface area contributed by atoms with Gasteiger partial charge >= 0.3 is 0 Å². The Morgan fingerprint density at radius 2 is 1.54 bits per heavy atom. The van der Waals surface area contributed by atoms with Crippen LogP contribution in [-0.2, 0) is 6.42 Å². The summed E-state index contributed by atoms with van der Waals surface area (Å²) >= 11 is 0. The molecule has 0 amide bonds. The first kappa shape index (κ1) is 18.5. The third kappa shape index (κ3) is 6.72. The topological polar surface area (TPSA) is 33.1 Å². The van der Waals surface area contributed by atoms with Crippen molar-refractivity contribution in [1.82, 2.24) is 4.98 Å². The minimum atomic E-state index is -0.547. The molecule has 1 N–H and O–H groups in total. The number of para-hydroxylation sites is 1. The van der Waals surface area contributed by atoms with E-state index in [4.69, 9.17) is 11.4 Å². The molecule has 0 fully saturated rings. The van der Waals surface area contributed by atoms with Gasteiger partial charge in [0, 0.05) is 11.1 Å². The number of pyridine rings is 1. The fraction of sp³-hybridized carbons (Fsp3) is 0.500. The molecule has 0 aliphatic carbocycles. The number of benzene rings is 1. The molecule has 2 nitrogen and oxygen atoms in total. The summed E-state index contributed by atoms with van der Waals surface area (Å²) < 4.78 is 0. The fourth-order valence-corrected chi connectivity index (χ4v) is 3.04. The highest BCUT2D eigenvalue weighted by molar-refractivity contribution is 5.78. The molecule has 0 aliphatic heterocycles. The van der Waals surface area contributed by atoms with E-state index in [1.165, 1.54) is 56.0 Å².